The van der Waals surface area contributed by atoms with E-state index in [1.165, 1.54) is 4.90 Å². The van der Waals surface area contributed by atoms with Gasteiger partial charge in [-0.2, -0.15) is 0 Å². The maximum Gasteiger partial charge on any atom is 0.240 e. The first-order valence-corrected chi connectivity index (χ1v) is 6.57. The van der Waals surface area contributed by atoms with E-state index in [-0.39, 0.29) is 24.2 Å². The van der Waals surface area contributed by atoms with Gasteiger partial charge in [0, 0.05) is 13.0 Å². The molecule has 0 saturated carbocycles. The second-order valence-electron chi connectivity index (χ2n) is 5.62. The van der Waals surface area contributed by atoms with Crippen LogP contribution in [0.5, 0.6) is 0 Å². The number of carbonyl (C=O) groups is 2. The number of amides is 2. The second-order valence-corrected chi connectivity index (χ2v) is 5.62. The monoisotopic (exact) mass is 260 g/mol. The van der Waals surface area contributed by atoms with Gasteiger partial charge in [0.15, 0.2) is 0 Å². The van der Waals surface area contributed by atoms with Crippen LogP contribution < -0.4 is 10.6 Å². The summed E-state index contributed by atoms with van der Waals surface area (Å²) >= 11 is 0. The van der Waals surface area contributed by atoms with E-state index in [2.05, 4.69) is 0 Å². The lowest BCUT2D eigenvalue weighted by molar-refractivity contribution is -0.126. The number of carbonyl (C=O) groups excluding carboxylic acids is 2. The lowest BCUT2D eigenvalue weighted by atomic mass is 9.78. The van der Waals surface area contributed by atoms with E-state index in [1.807, 2.05) is 39.0 Å². The molecule has 102 valence electrons. The Hall–Kier alpha value is -1.68. The molecule has 1 aromatic rings. The minimum atomic E-state index is -0.612. The van der Waals surface area contributed by atoms with E-state index in [4.69, 9.17) is 5.73 Å². The predicted octanol–water partition coefficient (Wildman–Crippen LogP) is 2.07. The topological polar surface area (TPSA) is 63.4 Å². The summed E-state index contributed by atoms with van der Waals surface area (Å²) in [6.07, 6.45) is 0.266. The van der Waals surface area contributed by atoms with Crippen LogP contribution in [0.15, 0.2) is 24.3 Å². The Labute approximate surface area is 113 Å². The van der Waals surface area contributed by atoms with Crippen LogP contribution in [0.3, 0.4) is 0 Å². The highest BCUT2D eigenvalue weighted by Crippen LogP contribution is 2.41. The van der Waals surface area contributed by atoms with Gasteiger partial charge in [-0.1, -0.05) is 32.0 Å². The average Bonchev–Trinajstić information content (AvgIpc) is 2.61. The van der Waals surface area contributed by atoms with Crippen LogP contribution in [0, 0.1) is 11.3 Å². The van der Waals surface area contributed by atoms with Crippen LogP contribution in [-0.2, 0) is 16.1 Å². The Kier molecular flexibility index (Phi) is 3.45. The Morgan fingerprint density at radius 2 is 1.95 bits per heavy atom. The third-order valence-electron chi connectivity index (χ3n) is 4.19. The summed E-state index contributed by atoms with van der Waals surface area (Å²) in [7, 11) is 0. The summed E-state index contributed by atoms with van der Waals surface area (Å²) in [5.41, 5.74) is 6.52. The van der Waals surface area contributed by atoms with Crippen molar-refractivity contribution < 1.29 is 9.59 Å². The summed E-state index contributed by atoms with van der Waals surface area (Å²) in [6, 6.07) is 7.31. The molecule has 0 spiro atoms. The predicted molar refractivity (Wildman–Crippen MR) is 74.4 cm³/mol. The van der Waals surface area contributed by atoms with Gasteiger partial charge in [0.1, 0.15) is 0 Å². The van der Waals surface area contributed by atoms with E-state index in [0.29, 0.717) is 12.2 Å². The molecule has 0 bridgehead atoms. The van der Waals surface area contributed by atoms with Gasteiger partial charge in [-0.3, -0.25) is 9.59 Å². The zero-order valence-electron chi connectivity index (χ0n) is 11.6. The van der Waals surface area contributed by atoms with Crippen molar-refractivity contribution >= 4 is 17.5 Å². The van der Waals surface area contributed by atoms with Gasteiger partial charge in [0.2, 0.25) is 11.8 Å². The van der Waals surface area contributed by atoms with Crippen LogP contribution in [0.25, 0.3) is 0 Å². The number of hydrogen-bond donors (Lipinski definition) is 1. The van der Waals surface area contributed by atoms with Gasteiger partial charge >= 0.3 is 0 Å². The van der Waals surface area contributed by atoms with Crippen LogP contribution in [-0.4, -0.2) is 11.8 Å². The summed E-state index contributed by atoms with van der Waals surface area (Å²) in [4.78, 5) is 26.2. The molecule has 1 saturated heterocycles. The van der Waals surface area contributed by atoms with E-state index >= 15 is 0 Å². The average molecular weight is 260 g/mol. The number of imide groups is 1. The van der Waals surface area contributed by atoms with Gasteiger partial charge in [-0.15, -0.1) is 0 Å². The zero-order chi connectivity index (χ0) is 14.2. The molecule has 2 amide bonds. The molecule has 0 aliphatic carbocycles. The number of benzene rings is 1. The highest BCUT2D eigenvalue weighted by molar-refractivity contribution is 6.22. The quantitative estimate of drug-likeness (QED) is 0.846. The van der Waals surface area contributed by atoms with Crippen LogP contribution in [0.4, 0.5) is 5.69 Å². The number of para-hydroxylation sites is 1. The standard InChI is InChI=1S/C15H20N2O2/c1-10(2)15(3)8-13(18)17(14(15)19)12-7-5-4-6-11(12)9-16/h4-7,10H,8-9,16H2,1-3H3. The molecule has 2 N–H and O–H groups in total. The molecule has 1 aliphatic rings. The highest BCUT2D eigenvalue weighted by atomic mass is 16.2. The molecule has 1 aliphatic heterocycles. The molecule has 1 atom stereocenters. The third-order valence-corrected chi connectivity index (χ3v) is 4.19. The van der Waals surface area contributed by atoms with E-state index < -0.39 is 5.41 Å². The SMILES string of the molecule is CC(C)C1(C)CC(=O)N(c2ccccc2CN)C1=O. The minimum absolute atomic E-state index is 0.117. The van der Waals surface area contributed by atoms with Crippen LogP contribution >= 0.6 is 0 Å². The fourth-order valence-corrected chi connectivity index (χ4v) is 2.43. The highest BCUT2D eigenvalue weighted by Gasteiger charge is 2.50. The van der Waals surface area contributed by atoms with Gasteiger partial charge in [-0.05, 0) is 24.5 Å². The molecule has 1 aromatic carbocycles. The summed E-state index contributed by atoms with van der Waals surface area (Å²) in [5.74, 6) is -0.130. The molecule has 4 heteroatoms. The molecule has 4 nitrogen and oxygen atoms in total. The molecule has 0 aromatic heterocycles. The van der Waals surface area contributed by atoms with Gasteiger partial charge in [0.25, 0.3) is 0 Å². The summed E-state index contributed by atoms with van der Waals surface area (Å²) in [5, 5.41) is 0. The number of nitrogens with zero attached hydrogens (tertiary/aromatic N) is 1. The zero-order valence-corrected chi connectivity index (χ0v) is 11.6. The minimum Gasteiger partial charge on any atom is -0.326 e. The molecule has 1 unspecified atom stereocenters. The molecule has 0 radical (unpaired) electrons. The number of anilines is 1. The summed E-state index contributed by atoms with van der Waals surface area (Å²) in [6.45, 7) is 6.13. The first-order chi connectivity index (χ1) is 8.91. The number of rotatable bonds is 3. The largest absolute Gasteiger partial charge is 0.326 e. The van der Waals surface area contributed by atoms with Crippen LogP contribution in [0.1, 0.15) is 32.8 Å². The molecular weight excluding hydrogens is 240 g/mol. The fraction of sp³-hybridized carbons (Fsp3) is 0.467. The smallest absolute Gasteiger partial charge is 0.240 e. The van der Waals surface area contributed by atoms with Gasteiger partial charge < -0.3 is 5.73 Å². The molecule has 1 heterocycles. The summed E-state index contributed by atoms with van der Waals surface area (Å²) < 4.78 is 0. The Balaban J connectivity index is 2.47. The Bertz CT molecular complexity index is 525. The Morgan fingerprint density at radius 1 is 1.32 bits per heavy atom. The maximum absolute atomic E-state index is 12.6. The van der Waals surface area contributed by atoms with Crippen molar-refractivity contribution in [1.29, 1.82) is 0 Å². The normalized spacial score (nSPS) is 23.5. The van der Waals surface area contributed by atoms with Gasteiger partial charge in [0.05, 0.1) is 11.1 Å². The number of hydrogen-bond acceptors (Lipinski definition) is 3. The second kappa shape index (κ2) is 4.78. The van der Waals surface area contributed by atoms with Crippen molar-refractivity contribution in [2.24, 2.45) is 17.1 Å². The number of nitrogens with two attached hydrogens (primary N) is 1. The molecule has 19 heavy (non-hydrogen) atoms. The van der Waals surface area contributed by atoms with E-state index in [9.17, 15) is 9.59 Å². The van der Waals surface area contributed by atoms with E-state index in [0.717, 1.165) is 5.56 Å². The first kappa shape index (κ1) is 13.7. The Morgan fingerprint density at radius 3 is 2.47 bits per heavy atom. The molecule has 2 rings (SSSR count). The van der Waals surface area contributed by atoms with Crippen molar-refractivity contribution in [2.75, 3.05) is 4.90 Å². The van der Waals surface area contributed by atoms with Crippen LogP contribution in [0.2, 0.25) is 0 Å². The van der Waals surface area contributed by atoms with Crippen molar-refractivity contribution in [1.82, 2.24) is 0 Å². The lowest BCUT2D eigenvalue weighted by Gasteiger charge is -2.26. The van der Waals surface area contributed by atoms with E-state index in [1.54, 1.807) is 6.07 Å². The molecule has 1 fully saturated rings. The fourth-order valence-electron chi connectivity index (χ4n) is 2.43. The van der Waals surface area contributed by atoms with Crippen molar-refractivity contribution in [3.63, 3.8) is 0 Å². The van der Waals surface area contributed by atoms with Gasteiger partial charge in [-0.25, -0.2) is 4.90 Å². The first-order valence-electron chi connectivity index (χ1n) is 6.57. The maximum atomic E-state index is 12.6. The van der Waals surface area contributed by atoms with Crippen molar-refractivity contribution in [2.45, 2.75) is 33.7 Å². The van der Waals surface area contributed by atoms with Crippen molar-refractivity contribution in [3.8, 4) is 0 Å². The van der Waals surface area contributed by atoms with Crippen molar-refractivity contribution in [3.05, 3.63) is 29.8 Å². The third kappa shape index (κ3) is 2.06. The lowest BCUT2D eigenvalue weighted by Crippen LogP contribution is -2.37. The molecular formula is C15H20N2O2.